The lowest BCUT2D eigenvalue weighted by Gasteiger charge is -2.34. The minimum Gasteiger partial charge on any atom is -0.392 e. The molecule has 102 valence electrons. The van der Waals surface area contributed by atoms with Crippen LogP contribution in [0.2, 0.25) is 0 Å². The summed E-state index contributed by atoms with van der Waals surface area (Å²) in [6.45, 7) is 1.31. The lowest BCUT2D eigenvalue weighted by atomic mass is 9.90. The molecule has 0 unspecified atom stereocenters. The Morgan fingerprint density at radius 1 is 1.56 bits per heavy atom. The Hall–Kier alpha value is -0.960. The van der Waals surface area contributed by atoms with Crippen molar-refractivity contribution in [3.63, 3.8) is 0 Å². The van der Waals surface area contributed by atoms with Gasteiger partial charge in [0.05, 0.1) is 12.7 Å². The summed E-state index contributed by atoms with van der Waals surface area (Å²) >= 11 is 0. The maximum atomic E-state index is 12.1. The van der Waals surface area contributed by atoms with E-state index >= 15 is 0 Å². The summed E-state index contributed by atoms with van der Waals surface area (Å²) in [4.78, 5) is 0. The van der Waals surface area contributed by atoms with Gasteiger partial charge < -0.3 is 9.84 Å². The van der Waals surface area contributed by atoms with Crippen molar-refractivity contribution in [2.75, 3.05) is 7.11 Å². The molecule has 0 spiro atoms. The largest absolute Gasteiger partial charge is 0.392 e. The minimum atomic E-state index is -3.68. The first-order valence-corrected chi connectivity index (χ1v) is 7.16. The number of aryl methyl sites for hydroxylation is 1. The van der Waals surface area contributed by atoms with Crippen LogP contribution in [0.3, 0.4) is 0 Å². The fourth-order valence-electron chi connectivity index (χ4n) is 1.97. The molecule has 2 rings (SSSR count). The molecule has 1 aliphatic rings. The Bertz CT molecular complexity index is 519. The maximum absolute atomic E-state index is 12.1. The predicted octanol–water partition coefficient (Wildman–Crippen LogP) is -0.334. The van der Waals surface area contributed by atoms with E-state index in [0.717, 1.165) is 0 Å². The number of nitrogens with one attached hydrogen (secondary N) is 2. The highest BCUT2D eigenvalue weighted by atomic mass is 32.2. The Morgan fingerprint density at radius 3 is 2.78 bits per heavy atom. The Balaban J connectivity index is 2.11. The number of aromatic nitrogens is 2. The Kier molecular flexibility index (Phi) is 3.71. The van der Waals surface area contributed by atoms with Crippen molar-refractivity contribution < 1.29 is 18.3 Å². The summed E-state index contributed by atoms with van der Waals surface area (Å²) in [5.41, 5.74) is 0.867. The van der Waals surface area contributed by atoms with E-state index in [2.05, 4.69) is 14.9 Å². The first-order valence-electron chi connectivity index (χ1n) is 5.67. The highest BCUT2D eigenvalue weighted by Gasteiger charge is 2.34. The number of rotatable bonds is 5. The minimum absolute atomic E-state index is 0.121. The highest BCUT2D eigenvalue weighted by Crippen LogP contribution is 2.25. The van der Waals surface area contributed by atoms with Gasteiger partial charge in [-0.25, -0.2) is 13.1 Å². The first-order chi connectivity index (χ1) is 8.47. The van der Waals surface area contributed by atoms with E-state index in [1.807, 2.05) is 0 Å². The van der Waals surface area contributed by atoms with Gasteiger partial charge in [0.25, 0.3) is 10.0 Å². The molecule has 0 aromatic carbocycles. The van der Waals surface area contributed by atoms with Gasteiger partial charge in [-0.05, 0) is 19.8 Å². The summed E-state index contributed by atoms with van der Waals surface area (Å²) in [6.07, 6.45) is 1.44. The van der Waals surface area contributed by atoms with Gasteiger partial charge in [-0.3, -0.25) is 5.10 Å². The van der Waals surface area contributed by atoms with Gasteiger partial charge in [0.15, 0.2) is 5.03 Å². The molecule has 0 saturated heterocycles. The third-order valence-electron chi connectivity index (χ3n) is 3.20. The van der Waals surface area contributed by atoms with Crippen LogP contribution in [0.4, 0.5) is 0 Å². The first kappa shape index (κ1) is 13.5. The lowest BCUT2D eigenvalue weighted by molar-refractivity contribution is 0.0236. The van der Waals surface area contributed by atoms with Crippen molar-refractivity contribution in [2.45, 2.75) is 43.5 Å². The molecular weight excluding hydrogens is 258 g/mol. The number of methoxy groups -OCH3 is 1. The molecule has 1 aromatic rings. The van der Waals surface area contributed by atoms with Crippen molar-refractivity contribution in [1.82, 2.24) is 14.9 Å². The van der Waals surface area contributed by atoms with E-state index in [4.69, 9.17) is 9.84 Å². The van der Waals surface area contributed by atoms with Gasteiger partial charge in [0, 0.05) is 24.4 Å². The number of sulfonamides is 1. The number of hydrogen-bond acceptors (Lipinski definition) is 5. The van der Waals surface area contributed by atoms with Crippen molar-refractivity contribution in [1.29, 1.82) is 0 Å². The zero-order valence-corrected chi connectivity index (χ0v) is 11.1. The number of hydrogen-bond donors (Lipinski definition) is 3. The topological polar surface area (TPSA) is 104 Å². The number of aliphatic hydroxyl groups excluding tert-OH is 1. The Morgan fingerprint density at radius 2 is 2.22 bits per heavy atom. The van der Waals surface area contributed by atoms with E-state index in [9.17, 15) is 8.42 Å². The molecule has 0 bridgehead atoms. The highest BCUT2D eigenvalue weighted by molar-refractivity contribution is 7.89. The molecule has 3 N–H and O–H groups in total. The van der Waals surface area contributed by atoms with Crippen LogP contribution in [0.5, 0.6) is 0 Å². The van der Waals surface area contributed by atoms with Crippen LogP contribution in [0, 0.1) is 6.92 Å². The molecule has 0 atom stereocenters. The van der Waals surface area contributed by atoms with Gasteiger partial charge in [0.2, 0.25) is 0 Å². The number of H-pyrrole nitrogens is 1. The molecule has 7 nitrogen and oxygen atoms in total. The second-order valence-corrected chi connectivity index (χ2v) is 6.07. The molecule has 0 radical (unpaired) electrons. The number of ether oxygens (including phenoxy) is 1. The Labute approximate surface area is 106 Å². The van der Waals surface area contributed by atoms with Crippen molar-refractivity contribution in [2.24, 2.45) is 0 Å². The van der Waals surface area contributed by atoms with Crippen LogP contribution in [0.25, 0.3) is 0 Å². The van der Waals surface area contributed by atoms with E-state index in [-0.39, 0.29) is 23.8 Å². The zero-order chi connectivity index (χ0) is 13.3. The average Bonchev–Trinajstić information content (AvgIpc) is 2.64. The summed E-state index contributed by atoms with van der Waals surface area (Å²) in [7, 11) is -2.07. The van der Waals surface area contributed by atoms with Crippen LogP contribution in [-0.2, 0) is 21.4 Å². The summed E-state index contributed by atoms with van der Waals surface area (Å²) in [6, 6.07) is -0.122. The van der Waals surface area contributed by atoms with Gasteiger partial charge in [-0.2, -0.15) is 5.10 Å². The van der Waals surface area contributed by atoms with E-state index in [1.165, 1.54) is 0 Å². The quantitative estimate of drug-likeness (QED) is 0.682. The molecule has 1 heterocycles. The fourth-order valence-corrected chi connectivity index (χ4v) is 3.42. The van der Waals surface area contributed by atoms with Crippen LogP contribution in [0.15, 0.2) is 5.03 Å². The van der Waals surface area contributed by atoms with Crippen molar-refractivity contribution in [3.05, 3.63) is 11.3 Å². The smallest absolute Gasteiger partial charge is 0.260 e. The molecule has 1 aliphatic carbocycles. The average molecular weight is 275 g/mol. The predicted molar refractivity (Wildman–Crippen MR) is 63.4 cm³/mol. The van der Waals surface area contributed by atoms with Crippen molar-refractivity contribution in [3.8, 4) is 0 Å². The number of nitrogens with zero attached hydrogens (tertiary/aromatic N) is 1. The third-order valence-corrected chi connectivity index (χ3v) is 4.69. The van der Waals surface area contributed by atoms with Gasteiger partial charge in [-0.15, -0.1) is 0 Å². The second kappa shape index (κ2) is 4.96. The summed E-state index contributed by atoms with van der Waals surface area (Å²) < 4.78 is 31.8. The molecule has 1 fully saturated rings. The maximum Gasteiger partial charge on any atom is 0.260 e. The van der Waals surface area contributed by atoms with Gasteiger partial charge in [0.1, 0.15) is 0 Å². The number of aliphatic hydroxyl groups is 1. The molecule has 0 amide bonds. The summed E-state index contributed by atoms with van der Waals surface area (Å²) in [5.74, 6) is 0. The van der Waals surface area contributed by atoms with Crippen LogP contribution in [-0.4, -0.2) is 43.0 Å². The monoisotopic (exact) mass is 275 g/mol. The molecule has 1 aromatic heterocycles. The van der Waals surface area contributed by atoms with Gasteiger partial charge in [-0.1, -0.05) is 0 Å². The van der Waals surface area contributed by atoms with Gasteiger partial charge >= 0.3 is 0 Å². The molecule has 8 heteroatoms. The fraction of sp³-hybridized carbons (Fsp3) is 0.700. The molecule has 1 saturated carbocycles. The van der Waals surface area contributed by atoms with E-state index < -0.39 is 10.0 Å². The third kappa shape index (κ3) is 2.41. The molecule has 18 heavy (non-hydrogen) atoms. The van der Waals surface area contributed by atoms with E-state index in [0.29, 0.717) is 24.1 Å². The zero-order valence-electron chi connectivity index (χ0n) is 10.3. The number of aromatic amines is 1. The lowest BCUT2D eigenvalue weighted by Crippen LogP contribution is -2.47. The second-order valence-electron chi connectivity index (χ2n) is 4.44. The molecular formula is C10H17N3O4S. The van der Waals surface area contributed by atoms with Crippen molar-refractivity contribution >= 4 is 10.0 Å². The SMILES string of the molecule is COC1CC(NS(=O)(=O)c2n[nH]c(C)c2CO)C1. The summed E-state index contributed by atoms with van der Waals surface area (Å²) in [5, 5.41) is 15.4. The van der Waals surface area contributed by atoms with Crippen LogP contribution in [0.1, 0.15) is 24.1 Å². The van der Waals surface area contributed by atoms with Crippen LogP contribution < -0.4 is 4.72 Å². The van der Waals surface area contributed by atoms with Crippen LogP contribution >= 0.6 is 0 Å². The normalized spacial score (nSPS) is 23.9. The molecule has 0 aliphatic heterocycles. The standard InChI is InChI=1S/C10H17N3O4S/c1-6-9(5-14)10(12-11-6)18(15,16)13-7-3-8(4-7)17-2/h7-8,13-14H,3-5H2,1-2H3,(H,11,12). The van der Waals surface area contributed by atoms with E-state index in [1.54, 1.807) is 14.0 Å².